The summed E-state index contributed by atoms with van der Waals surface area (Å²) in [5.74, 6) is 1.44. The SMILES string of the molecule is CN1CCC(/C(=C/C(=O)N2CCCC2)c2ccccn2)CC1.Nc1cc(CN2CCC(C=O)CC2)ccn1. The van der Waals surface area contributed by atoms with Gasteiger partial charge in [-0.05, 0) is 113 Å². The highest BCUT2D eigenvalue weighted by atomic mass is 16.2. The number of nitrogen functional groups attached to an aromatic ring is 1. The van der Waals surface area contributed by atoms with E-state index < -0.39 is 0 Å². The molecule has 38 heavy (non-hydrogen) atoms. The number of likely N-dealkylation sites (tertiary alicyclic amines) is 3. The van der Waals surface area contributed by atoms with E-state index >= 15 is 0 Å². The fourth-order valence-electron chi connectivity index (χ4n) is 5.51. The van der Waals surface area contributed by atoms with Crippen molar-refractivity contribution in [1.29, 1.82) is 0 Å². The normalized spacial score (nSPS) is 20.1. The second-order valence-electron chi connectivity index (χ2n) is 10.8. The molecule has 8 nitrogen and oxygen atoms in total. The van der Waals surface area contributed by atoms with Gasteiger partial charge in [-0.25, -0.2) is 4.98 Å². The van der Waals surface area contributed by atoms with Crippen LogP contribution in [0.5, 0.6) is 0 Å². The first-order valence-electron chi connectivity index (χ1n) is 14.0. The Hall–Kier alpha value is -3.10. The maximum Gasteiger partial charge on any atom is 0.246 e. The molecule has 204 valence electrons. The quantitative estimate of drug-likeness (QED) is 0.462. The molecule has 0 unspecified atom stereocenters. The van der Waals surface area contributed by atoms with E-state index in [0.717, 1.165) is 102 Å². The Bertz CT molecular complexity index is 1050. The summed E-state index contributed by atoms with van der Waals surface area (Å²) in [5, 5.41) is 0. The van der Waals surface area contributed by atoms with Gasteiger partial charge in [-0.3, -0.25) is 14.7 Å². The topological polar surface area (TPSA) is 95.7 Å². The Labute approximate surface area is 226 Å². The highest BCUT2D eigenvalue weighted by Crippen LogP contribution is 2.31. The van der Waals surface area contributed by atoms with Crippen molar-refractivity contribution in [1.82, 2.24) is 24.7 Å². The number of amides is 1. The van der Waals surface area contributed by atoms with Gasteiger partial charge in [-0.15, -0.1) is 0 Å². The molecule has 3 fully saturated rings. The van der Waals surface area contributed by atoms with Crippen LogP contribution in [0.3, 0.4) is 0 Å². The van der Waals surface area contributed by atoms with E-state index in [4.69, 9.17) is 5.73 Å². The molecule has 0 radical (unpaired) electrons. The molecule has 1 amide bonds. The molecule has 0 atom stereocenters. The van der Waals surface area contributed by atoms with E-state index in [-0.39, 0.29) is 11.8 Å². The van der Waals surface area contributed by atoms with Crippen molar-refractivity contribution in [2.24, 2.45) is 11.8 Å². The van der Waals surface area contributed by atoms with Gasteiger partial charge in [-0.2, -0.15) is 0 Å². The van der Waals surface area contributed by atoms with Crippen LogP contribution in [-0.4, -0.2) is 83.2 Å². The minimum atomic E-state index is 0.164. The molecule has 3 saturated heterocycles. The van der Waals surface area contributed by atoms with Crippen LogP contribution in [0, 0.1) is 11.8 Å². The van der Waals surface area contributed by atoms with E-state index in [1.165, 1.54) is 5.56 Å². The number of aromatic nitrogens is 2. The van der Waals surface area contributed by atoms with Crippen molar-refractivity contribution < 1.29 is 9.59 Å². The summed E-state index contributed by atoms with van der Waals surface area (Å²) in [4.78, 5) is 38.3. The zero-order chi connectivity index (χ0) is 26.7. The number of aldehydes is 1. The van der Waals surface area contributed by atoms with E-state index in [2.05, 4.69) is 26.8 Å². The van der Waals surface area contributed by atoms with Crippen LogP contribution in [0.2, 0.25) is 0 Å². The zero-order valence-electron chi connectivity index (χ0n) is 22.7. The van der Waals surface area contributed by atoms with Crippen LogP contribution in [0.1, 0.15) is 49.8 Å². The van der Waals surface area contributed by atoms with Crippen LogP contribution < -0.4 is 5.73 Å². The Balaban J connectivity index is 0.000000186. The zero-order valence-corrected chi connectivity index (χ0v) is 22.7. The molecule has 5 heterocycles. The lowest BCUT2D eigenvalue weighted by Gasteiger charge is -2.30. The number of allylic oxidation sites excluding steroid dienone is 1. The smallest absolute Gasteiger partial charge is 0.246 e. The third kappa shape index (κ3) is 8.20. The second kappa shape index (κ2) is 14.2. The van der Waals surface area contributed by atoms with Gasteiger partial charge in [0.25, 0.3) is 0 Å². The highest BCUT2D eigenvalue weighted by Gasteiger charge is 2.25. The Morgan fingerprint density at radius 3 is 2.34 bits per heavy atom. The third-order valence-corrected chi connectivity index (χ3v) is 7.89. The number of carbonyl (C=O) groups is 2. The minimum Gasteiger partial charge on any atom is -0.384 e. The number of nitrogens with zero attached hydrogens (tertiary/aromatic N) is 5. The number of nitrogens with two attached hydrogens (primary N) is 1. The van der Waals surface area contributed by atoms with Crippen molar-refractivity contribution in [3.8, 4) is 0 Å². The fraction of sp³-hybridized carbons (Fsp3) is 0.533. The summed E-state index contributed by atoms with van der Waals surface area (Å²) in [6.45, 7) is 6.87. The molecule has 0 saturated carbocycles. The molecule has 0 spiro atoms. The second-order valence-corrected chi connectivity index (χ2v) is 10.8. The molecule has 3 aliphatic rings. The first kappa shape index (κ1) is 27.9. The van der Waals surface area contributed by atoms with Gasteiger partial charge in [0.05, 0.1) is 5.69 Å². The van der Waals surface area contributed by atoms with Gasteiger partial charge in [0.15, 0.2) is 0 Å². The number of pyridine rings is 2. The van der Waals surface area contributed by atoms with Crippen molar-refractivity contribution in [2.75, 3.05) is 52.0 Å². The monoisotopic (exact) mass is 518 g/mol. The first-order chi connectivity index (χ1) is 18.5. The van der Waals surface area contributed by atoms with Crippen LogP contribution >= 0.6 is 0 Å². The summed E-state index contributed by atoms with van der Waals surface area (Å²) >= 11 is 0. The average Bonchev–Trinajstić information content (AvgIpc) is 3.49. The number of carbonyl (C=O) groups excluding carboxylic acids is 2. The van der Waals surface area contributed by atoms with Crippen LogP contribution in [0.15, 0.2) is 48.8 Å². The summed E-state index contributed by atoms with van der Waals surface area (Å²) in [6.07, 6.45) is 12.9. The minimum absolute atomic E-state index is 0.164. The molecular weight excluding hydrogens is 476 g/mol. The van der Waals surface area contributed by atoms with Crippen LogP contribution in [-0.2, 0) is 16.1 Å². The molecule has 3 aliphatic heterocycles. The largest absolute Gasteiger partial charge is 0.384 e. The van der Waals surface area contributed by atoms with Crippen molar-refractivity contribution in [3.05, 3.63) is 60.1 Å². The molecule has 2 aromatic rings. The lowest BCUT2D eigenvalue weighted by Crippen LogP contribution is -2.33. The average molecular weight is 519 g/mol. The maximum atomic E-state index is 12.5. The van der Waals surface area contributed by atoms with Gasteiger partial charge in [0.1, 0.15) is 12.1 Å². The van der Waals surface area contributed by atoms with E-state index in [1.807, 2.05) is 47.5 Å². The molecule has 5 rings (SSSR count). The van der Waals surface area contributed by atoms with E-state index in [1.54, 1.807) is 6.20 Å². The van der Waals surface area contributed by atoms with Gasteiger partial charge in [-0.1, -0.05) is 6.07 Å². The first-order valence-corrected chi connectivity index (χ1v) is 14.0. The van der Waals surface area contributed by atoms with Crippen LogP contribution in [0.4, 0.5) is 5.82 Å². The number of piperidine rings is 2. The highest BCUT2D eigenvalue weighted by molar-refractivity contribution is 5.95. The van der Waals surface area contributed by atoms with Gasteiger partial charge in [0, 0.05) is 44.0 Å². The molecule has 2 aromatic heterocycles. The van der Waals surface area contributed by atoms with Crippen molar-refractivity contribution in [3.63, 3.8) is 0 Å². The lowest BCUT2D eigenvalue weighted by atomic mass is 9.86. The summed E-state index contributed by atoms with van der Waals surface area (Å²) in [6, 6.07) is 9.86. The van der Waals surface area contributed by atoms with Gasteiger partial charge >= 0.3 is 0 Å². The maximum absolute atomic E-state index is 12.5. The Kier molecular flexibility index (Phi) is 10.4. The molecule has 0 bridgehead atoms. The van der Waals surface area contributed by atoms with Crippen molar-refractivity contribution in [2.45, 2.75) is 45.1 Å². The standard InChI is InChI=1S/C18H25N3O.C12H17N3O/c1-20-12-7-15(8-13-20)16(17-6-2-3-9-19-17)14-18(22)21-10-4-5-11-21;13-12-7-11(1-4-14-12)8-15-5-2-10(9-16)3-6-15/h2-3,6,9,14-15H,4-5,7-8,10-13H2,1H3;1,4,7,9-10H,2-3,5-6,8H2,(H2,13,14)/b16-14-;. The molecule has 2 N–H and O–H groups in total. The van der Waals surface area contributed by atoms with Crippen LogP contribution in [0.25, 0.3) is 5.57 Å². The number of hydrogen-bond acceptors (Lipinski definition) is 7. The predicted octanol–water partition coefficient (Wildman–Crippen LogP) is 3.50. The number of rotatable bonds is 6. The van der Waals surface area contributed by atoms with E-state index in [9.17, 15) is 9.59 Å². The molecular formula is C30H42N6O2. The predicted molar refractivity (Wildman–Crippen MR) is 151 cm³/mol. The fourth-order valence-corrected chi connectivity index (χ4v) is 5.51. The molecule has 0 aliphatic carbocycles. The molecule has 0 aromatic carbocycles. The summed E-state index contributed by atoms with van der Waals surface area (Å²) in [7, 11) is 2.16. The van der Waals surface area contributed by atoms with Gasteiger partial charge in [0.2, 0.25) is 5.91 Å². The lowest BCUT2D eigenvalue weighted by molar-refractivity contribution is -0.125. The number of anilines is 1. The van der Waals surface area contributed by atoms with Gasteiger partial charge < -0.3 is 20.3 Å². The summed E-state index contributed by atoms with van der Waals surface area (Å²) < 4.78 is 0. The Morgan fingerprint density at radius 2 is 1.71 bits per heavy atom. The third-order valence-electron chi connectivity index (χ3n) is 7.89. The Morgan fingerprint density at radius 1 is 0.974 bits per heavy atom. The molecule has 8 heteroatoms. The summed E-state index contributed by atoms with van der Waals surface area (Å²) in [5.41, 5.74) is 8.92. The van der Waals surface area contributed by atoms with Crippen molar-refractivity contribution >= 4 is 23.6 Å². The van der Waals surface area contributed by atoms with E-state index in [0.29, 0.717) is 11.7 Å². The number of hydrogen-bond donors (Lipinski definition) is 1.